The van der Waals surface area contributed by atoms with Crippen LogP contribution < -0.4 is 0 Å². The Hall–Kier alpha value is -0.980. The molecule has 16 heavy (non-hydrogen) atoms. The number of hydrogen-bond donors (Lipinski definition) is 1. The fourth-order valence-electron chi connectivity index (χ4n) is 3.42. The molecule has 2 unspecified atom stereocenters. The second kappa shape index (κ2) is 4.12. The number of aromatic hydroxyl groups is 1. The smallest absolute Gasteiger partial charge is 0.119 e. The van der Waals surface area contributed by atoms with E-state index < -0.39 is 0 Å². The van der Waals surface area contributed by atoms with Crippen molar-refractivity contribution >= 4 is 0 Å². The van der Waals surface area contributed by atoms with Crippen molar-refractivity contribution in [2.45, 2.75) is 46.0 Å². The lowest BCUT2D eigenvalue weighted by Gasteiger charge is -2.39. The Balaban J connectivity index is 2.25. The van der Waals surface area contributed by atoms with Crippen molar-refractivity contribution in [1.29, 1.82) is 0 Å². The van der Waals surface area contributed by atoms with Gasteiger partial charge in [0.15, 0.2) is 0 Å². The van der Waals surface area contributed by atoms with Crippen molar-refractivity contribution in [2.75, 3.05) is 0 Å². The Kier molecular flexibility index (Phi) is 2.96. The quantitative estimate of drug-likeness (QED) is 0.744. The highest BCUT2D eigenvalue weighted by Crippen LogP contribution is 2.47. The summed E-state index contributed by atoms with van der Waals surface area (Å²) in [7, 11) is 0. The molecule has 0 radical (unpaired) electrons. The monoisotopic (exact) mass is 218 g/mol. The van der Waals surface area contributed by atoms with Crippen molar-refractivity contribution in [1.82, 2.24) is 0 Å². The molecule has 0 bridgehead atoms. The Morgan fingerprint density at radius 3 is 2.50 bits per heavy atom. The third-order valence-corrected chi connectivity index (χ3v) is 3.76. The van der Waals surface area contributed by atoms with Crippen LogP contribution in [-0.2, 0) is 0 Å². The lowest BCUT2D eigenvalue weighted by Crippen LogP contribution is -2.26. The number of phenols is 1. The Morgan fingerprint density at radius 2 is 1.88 bits per heavy atom. The summed E-state index contributed by atoms with van der Waals surface area (Å²) in [6.45, 7) is 7.01. The summed E-state index contributed by atoms with van der Waals surface area (Å²) < 4.78 is 0. The molecule has 0 aliphatic heterocycles. The van der Waals surface area contributed by atoms with Gasteiger partial charge >= 0.3 is 0 Å². The highest BCUT2D eigenvalue weighted by Gasteiger charge is 2.33. The molecule has 2 atom stereocenters. The molecule has 1 aromatic carbocycles. The fourth-order valence-corrected chi connectivity index (χ4v) is 3.42. The summed E-state index contributed by atoms with van der Waals surface area (Å²) in [5.41, 5.74) is 1.55. The molecule has 0 spiro atoms. The molecule has 1 aromatic rings. The molecule has 1 aliphatic rings. The van der Waals surface area contributed by atoms with Crippen LogP contribution in [-0.4, -0.2) is 5.11 Å². The first kappa shape index (κ1) is 11.5. The average molecular weight is 218 g/mol. The summed E-state index contributed by atoms with van der Waals surface area (Å²) in [6, 6.07) is 7.81. The van der Waals surface area contributed by atoms with Crippen LogP contribution in [0.15, 0.2) is 24.3 Å². The summed E-state index contributed by atoms with van der Waals surface area (Å²) in [4.78, 5) is 0. The summed E-state index contributed by atoms with van der Waals surface area (Å²) in [5.74, 6) is 1.76. The van der Waals surface area contributed by atoms with Crippen LogP contribution in [0.1, 0.15) is 51.5 Å². The molecule has 0 saturated heterocycles. The van der Waals surface area contributed by atoms with Crippen LogP contribution >= 0.6 is 0 Å². The second-order valence-electron chi connectivity index (χ2n) is 6.17. The zero-order valence-corrected chi connectivity index (χ0v) is 10.5. The predicted molar refractivity (Wildman–Crippen MR) is 67.6 cm³/mol. The molecule has 0 heterocycles. The van der Waals surface area contributed by atoms with E-state index in [1.807, 2.05) is 18.2 Å². The lowest BCUT2D eigenvalue weighted by molar-refractivity contribution is 0.167. The lowest BCUT2D eigenvalue weighted by atomic mass is 9.66. The van der Waals surface area contributed by atoms with Crippen LogP contribution in [0.4, 0.5) is 0 Å². The first-order valence-corrected chi connectivity index (χ1v) is 6.26. The normalized spacial score (nSPS) is 28.9. The Labute approximate surface area is 98.5 Å². The van der Waals surface area contributed by atoms with Crippen LogP contribution in [0.3, 0.4) is 0 Å². The first-order valence-electron chi connectivity index (χ1n) is 6.26. The molecule has 2 rings (SSSR count). The van der Waals surface area contributed by atoms with Gasteiger partial charge in [-0.1, -0.05) is 39.0 Å². The van der Waals surface area contributed by atoms with Crippen LogP contribution in [0, 0.1) is 11.3 Å². The Morgan fingerprint density at radius 1 is 1.19 bits per heavy atom. The minimum atomic E-state index is 0.407. The number of phenolic OH excluding ortho intramolecular Hbond substituents is 1. The second-order valence-corrected chi connectivity index (χ2v) is 6.17. The average Bonchev–Trinajstić information content (AvgIpc) is 2.15. The van der Waals surface area contributed by atoms with Crippen molar-refractivity contribution in [3.8, 4) is 5.75 Å². The molecule has 1 fully saturated rings. The molecule has 88 valence electrons. The van der Waals surface area contributed by atoms with Gasteiger partial charge in [0.2, 0.25) is 0 Å². The standard InChI is InChI=1S/C15H22O/c1-11-8-12(10-15(2,3)9-11)13-6-4-5-7-14(13)16/h4-7,11-12,16H,8-10H2,1-3H3. The van der Waals surface area contributed by atoms with Crippen molar-refractivity contribution in [2.24, 2.45) is 11.3 Å². The van der Waals surface area contributed by atoms with Gasteiger partial charge in [0.1, 0.15) is 5.75 Å². The molecule has 0 aromatic heterocycles. The van der Waals surface area contributed by atoms with E-state index in [9.17, 15) is 5.11 Å². The van der Waals surface area contributed by atoms with Gasteiger partial charge in [-0.2, -0.15) is 0 Å². The largest absolute Gasteiger partial charge is 0.508 e. The van der Waals surface area contributed by atoms with Crippen molar-refractivity contribution < 1.29 is 5.11 Å². The van der Waals surface area contributed by atoms with E-state index in [2.05, 4.69) is 26.8 Å². The maximum Gasteiger partial charge on any atom is 0.119 e. The topological polar surface area (TPSA) is 20.2 Å². The molecule has 1 N–H and O–H groups in total. The Bertz CT molecular complexity index is 367. The van der Waals surface area contributed by atoms with Crippen LogP contribution in [0.5, 0.6) is 5.75 Å². The highest BCUT2D eigenvalue weighted by atomic mass is 16.3. The number of benzene rings is 1. The van der Waals surface area contributed by atoms with Gasteiger partial charge in [0, 0.05) is 0 Å². The molecular weight excluding hydrogens is 196 g/mol. The van der Waals surface area contributed by atoms with Gasteiger partial charge in [0.05, 0.1) is 0 Å². The number of rotatable bonds is 1. The predicted octanol–water partition coefficient (Wildman–Crippen LogP) is 4.32. The van der Waals surface area contributed by atoms with Gasteiger partial charge in [-0.25, -0.2) is 0 Å². The van der Waals surface area contributed by atoms with Crippen molar-refractivity contribution in [3.63, 3.8) is 0 Å². The zero-order chi connectivity index (χ0) is 11.8. The van der Waals surface area contributed by atoms with Gasteiger partial charge in [-0.05, 0) is 48.1 Å². The molecule has 1 aliphatic carbocycles. The number of para-hydroxylation sites is 1. The van der Waals surface area contributed by atoms with Gasteiger partial charge < -0.3 is 5.11 Å². The van der Waals surface area contributed by atoms with E-state index in [-0.39, 0.29) is 0 Å². The molecular formula is C15H22O. The van der Waals surface area contributed by atoms with E-state index in [1.165, 1.54) is 19.3 Å². The summed E-state index contributed by atoms with van der Waals surface area (Å²) in [6.07, 6.45) is 3.70. The van der Waals surface area contributed by atoms with Crippen LogP contribution in [0.2, 0.25) is 0 Å². The minimum absolute atomic E-state index is 0.407. The molecule has 1 nitrogen and oxygen atoms in total. The maximum atomic E-state index is 9.92. The zero-order valence-electron chi connectivity index (χ0n) is 10.5. The minimum Gasteiger partial charge on any atom is -0.508 e. The molecule has 0 amide bonds. The summed E-state index contributed by atoms with van der Waals surface area (Å²) >= 11 is 0. The summed E-state index contributed by atoms with van der Waals surface area (Å²) in [5, 5.41) is 9.92. The van der Waals surface area contributed by atoms with E-state index in [0.29, 0.717) is 17.1 Å². The van der Waals surface area contributed by atoms with E-state index in [1.54, 1.807) is 0 Å². The van der Waals surface area contributed by atoms with Crippen LogP contribution in [0.25, 0.3) is 0 Å². The highest BCUT2D eigenvalue weighted by molar-refractivity contribution is 5.35. The van der Waals surface area contributed by atoms with E-state index in [4.69, 9.17) is 0 Å². The van der Waals surface area contributed by atoms with E-state index >= 15 is 0 Å². The maximum absolute atomic E-state index is 9.92. The van der Waals surface area contributed by atoms with Gasteiger partial charge in [0.25, 0.3) is 0 Å². The number of hydrogen-bond acceptors (Lipinski definition) is 1. The van der Waals surface area contributed by atoms with Gasteiger partial charge in [-0.15, -0.1) is 0 Å². The molecule has 1 saturated carbocycles. The SMILES string of the molecule is CC1CC(c2ccccc2O)CC(C)(C)C1. The third kappa shape index (κ3) is 2.40. The van der Waals surface area contributed by atoms with Crippen molar-refractivity contribution in [3.05, 3.63) is 29.8 Å². The fraction of sp³-hybridized carbons (Fsp3) is 0.600. The van der Waals surface area contributed by atoms with E-state index in [0.717, 1.165) is 11.5 Å². The third-order valence-electron chi connectivity index (χ3n) is 3.76. The first-order chi connectivity index (χ1) is 7.48. The molecule has 1 heteroatoms. The van der Waals surface area contributed by atoms with Gasteiger partial charge in [-0.3, -0.25) is 0 Å².